The molecule has 0 radical (unpaired) electrons. The summed E-state index contributed by atoms with van der Waals surface area (Å²) in [5, 5.41) is 0.483. The molecule has 1 aliphatic rings. The van der Waals surface area contributed by atoms with E-state index in [4.69, 9.17) is 27.8 Å². The summed E-state index contributed by atoms with van der Waals surface area (Å²) >= 11 is 5.90. The molecule has 4 rings (SSSR count). The van der Waals surface area contributed by atoms with Crippen molar-refractivity contribution in [2.45, 2.75) is 18.9 Å². The van der Waals surface area contributed by atoms with Gasteiger partial charge in [0.05, 0.1) is 16.6 Å². The lowest BCUT2D eigenvalue weighted by molar-refractivity contribution is 0.347. The van der Waals surface area contributed by atoms with Gasteiger partial charge in [-0.15, -0.1) is 0 Å². The normalized spacial score (nSPS) is 16.4. The van der Waals surface area contributed by atoms with Crippen molar-refractivity contribution in [3.8, 4) is 5.75 Å². The number of ether oxygens (including phenoxy) is 1. The first-order valence-corrected chi connectivity index (χ1v) is 9.01. The molecule has 0 amide bonds. The lowest BCUT2D eigenvalue weighted by Crippen LogP contribution is -2.25. The molecule has 0 aliphatic heterocycles. The maximum atomic E-state index is 14.3. The maximum Gasteiger partial charge on any atom is 0.350 e. The number of rotatable bonds is 4. The van der Waals surface area contributed by atoms with Crippen molar-refractivity contribution in [2.24, 2.45) is 0 Å². The summed E-state index contributed by atoms with van der Waals surface area (Å²) in [5.74, 6) is 0.185. The Morgan fingerprint density at radius 3 is 2.89 bits per heavy atom. The highest BCUT2D eigenvalue weighted by Gasteiger charge is 2.19. The average Bonchev–Trinajstić information content (AvgIpc) is 3.10. The van der Waals surface area contributed by atoms with E-state index in [0.29, 0.717) is 11.3 Å². The van der Waals surface area contributed by atoms with E-state index in [1.807, 2.05) is 6.08 Å². The first-order valence-electron chi connectivity index (χ1n) is 8.63. The minimum Gasteiger partial charge on any atom is -0.489 e. The van der Waals surface area contributed by atoms with Crippen molar-refractivity contribution in [3.05, 3.63) is 63.4 Å². The summed E-state index contributed by atoms with van der Waals surface area (Å²) in [6.45, 7) is 0.279. The Morgan fingerprint density at radius 1 is 1.29 bits per heavy atom. The topological polar surface area (TPSA) is 109 Å². The summed E-state index contributed by atoms with van der Waals surface area (Å²) in [5.41, 5.74) is 12.2. The second-order valence-electron chi connectivity index (χ2n) is 6.59. The second kappa shape index (κ2) is 7.12. The zero-order valence-corrected chi connectivity index (χ0v) is 15.5. The lowest BCUT2D eigenvalue weighted by atomic mass is 10.2. The molecular weight excluding hydrogens is 385 g/mol. The smallest absolute Gasteiger partial charge is 0.350 e. The molecule has 2 heterocycles. The quantitative estimate of drug-likeness (QED) is 0.650. The summed E-state index contributed by atoms with van der Waals surface area (Å²) in [4.78, 5) is 19.8. The fourth-order valence-corrected chi connectivity index (χ4v) is 3.40. The van der Waals surface area contributed by atoms with E-state index in [1.54, 1.807) is 18.3 Å². The van der Waals surface area contributed by atoms with Gasteiger partial charge in [0.15, 0.2) is 0 Å². The monoisotopic (exact) mass is 401 g/mol. The van der Waals surface area contributed by atoms with Crippen LogP contribution in [0, 0.1) is 5.82 Å². The van der Waals surface area contributed by atoms with Crippen LogP contribution in [0.2, 0.25) is 5.02 Å². The van der Waals surface area contributed by atoms with Crippen LogP contribution in [0.3, 0.4) is 0 Å². The predicted molar refractivity (Wildman–Crippen MR) is 106 cm³/mol. The molecule has 2 aromatic heterocycles. The summed E-state index contributed by atoms with van der Waals surface area (Å²) in [6.07, 6.45) is 5.12. The number of nitrogens with two attached hydrogens (primary N) is 2. The Labute approximate surface area is 164 Å². The molecule has 0 fully saturated rings. The molecule has 7 nitrogen and oxygen atoms in total. The number of halogens is 2. The standard InChI is InChI=1S/C19H17ClFN5O2/c20-14-8-13-15(21)6-12(7-16(13)24-18(14)23)28-9-10-1-2-11(5-10)26-4-3-17(22)25-19(26)27/h3-8,11H,1-2,9H2,(H2,23,24)(H2,22,25,27). The number of fused-ring (bicyclic) bond motifs is 1. The zero-order valence-electron chi connectivity index (χ0n) is 14.7. The van der Waals surface area contributed by atoms with Crippen molar-refractivity contribution in [2.75, 3.05) is 18.1 Å². The van der Waals surface area contributed by atoms with Crippen molar-refractivity contribution < 1.29 is 9.13 Å². The summed E-state index contributed by atoms with van der Waals surface area (Å²) in [7, 11) is 0. The predicted octanol–water partition coefficient (Wildman–Crippen LogP) is 3.09. The molecule has 1 aromatic carbocycles. The number of pyridine rings is 1. The Balaban J connectivity index is 1.51. The van der Waals surface area contributed by atoms with Crippen LogP contribution >= 0.6 is 11.6 Å². The highest BCUT2D eigenvalue weighted by atomic mass is 35.5. The van der Waals surface area contributed by atoms with Crippen molar-refractivity contribution in [1.82, 2.24) is 14.5 Å². The number of allylic oxidation sites excluding steroid dienone is 1. The number of anilines is 2. The minimum atomic E-state index is -0.486. The van der Waals surface area contributed by atoms with Crippen LogP contribution in [0.4, 0.5) is 16.0 Å². The zero-order chi connectivity index (χ0) is 19.8. The van der Waals surface area contributed by atoms with Gasteiger partial charge >= 0.3 is 5.69 Å². The highest BCUT2D eigenvalue weighted by Crippen LogP contribution is 2.30. The van der Waals surface area contributed by atoms with Gasteiger partial charge in [-0.2, -0.15) is 4.98 Å². The molecule has 3 aromatic rings. The molecule has 144 valence electrons. The lowest BCUT2D eigenvalue weighted by Gasteiger charge is -2.10. The van der Waals surface area contributed by atoms with Gasteiger partial charge in [0.2, 0.25) is 0 Å². The van der Waals surface area contributed by atoms with Gasteiger partial charge in [-0.25, -0.2) is 14.2 Å². The first-order chi connectivity index (χ1) is 13.4. The fraction of sp³-hybridized carbons (Fsp3) is 0.211. The number of nitrogens with zero attached hydrogens (tertiary/aromatic N) is 3. The van der Waals surface area contributed by atoms with Crippen LogP contribution in [-0.4, -0.2) is 21.1 Å². The van der Waals surface area contributed by atoms with Crippen LogP contribution in [-0.2, 0) is 0 Å². The van der Waals surface area contributed by atoms with Crippen LogP contribution in [0.25, 0.3) is 10.9 Å². The number of hydrogen-bond acceptors (Lipinski definition) is 6. The first kappa shape index (κ1) is 18.2. The van der Waals surface area contributed by atoms with Gasteiger partial charge in [0, 0.05) is 23.7 Å². The maximum absolute atomic E-state index is 14.3. The molecule has 1 aliphatic carbocycles. The van der Waals surface area contributed by atoms with Gasteiger partial charge in [-0.3, -0.25) is 4.57 Å². The Kier molecular flexibility index (Phi) is 4.64. The summed E-state index contributed by atoms with van der Waals surface area (Å²) < 4.78 is 21.6. The third-order valence-corrected chi connectivity index (χ3v) is 4.96. The largest absolute Gasteiger partial charge is 0.489 e. The molecule has 0 bridgehead atoms. The Morgan fingerprint density at radius 2 is 2.11 bits per heavy atom. The van der Waals surface area contributed by atoms with Crippen LogP contribution in [0.15, 0.2) is 46.9 Å². The number of hydrogen-bond donors (Lipinski definition) is 2. The summed E-state index contributed by atoms with van der Waals surface area (Å²) in [6, 6.07) is 5.84. The van der Waals surface area contributed by atoms with E-state index in [1.165, 1.54) is 16.7 Å². The Hall–Kier alpha value is -3.13. The van der Waals surface area contributed by atoms with E-state index >= 15 is 0 Å². The molecule has 0 spiro atoms. The van der Waals surface area contributed by atoms with Crippen LogP contribution in [0.1, 0.15) is 18.9 Å². The average molecular weight is 402 g/mol. The molecule has 1 unspecified atom stereocenters. The molecule has 4 N–H and O–H groups in total. The van der Waals surface area contributed by atoms with Crippen LogP contribution in [0.5, 0.6) is 5.75 Å². The number of nitrogen functional groups attached to an aromatic ring is 2. The van der Waals surface area contributed by atoms with Gasteiger partial charge in [-0.1, -0.05) is 17.7 Å². The molecule has 0 saturated carbocycles. The van der Waals surface area contributed by atoms with E-state index in [0.717, 1.165) is 18.4 Å². The third-order valence-electron chi connectivity index (χ3n) is 4.66. The van der Waals surface area contributed by atoms with Gasteiger partial charge < -0.3 is 16.2 Å². The van der Waals surface area contributed by atoms with Gasteiger partial charge in [0.25, 0.3) is 0 Å². The van der Waals surface area contributed by atoms with E-state index in [9.17, 15) is 9.18 Å². The highest BCUT2D eigenvalue weighted by molar-refractivity contribution is 6.33. The Bertz CT molecular complexity index is 1160. The van der Waals surface area contributed by atoms with Crippen molar-refractivity contribution in [1.29, 1.82) is 0 Å². The molecule has 9 heteroatoms. The van der Waals surface area contributed by atoms with Crippen molar-refractivity contribution >= 4 is 34.1 Å². The third kappa shape index (κ3) is 3.50. The van der Waals surface area contributed by atoms with Gasteiger partial charge in [-0.05, 0) is 30.5 Å². The van der Waals surface area contributed by atoms with E-state index in [2.05, 4.69) is 9.97 Å². The van der Waals surface area contributed by atoms with E-state index in [-0.39, 0.29) is 40.4 Å². The molecule has 28 heavy (non-hydrogen) atoms. The molecule has 1 atom stereocenters. The molecule has 0 saturated heterocycles. The van der Waals surface area contributed by atoms with E-state index < -0.39 is 5.82 Å². The SMILES string of the molecule is Nc1ccn(C2C=C(COc3cc(F)c4cc(Cl)c(N)nc4c3)CC2)c(=O)n1. The number of benzene rings is 1. The van der Waals surface area contributed by atoms with Crippen LogP contribution < -0.4 is 21.9 Å². The fourth-order valence-electron chi connectivity index (χ4n) is 3.25. The second-order valence-corrected chi connectivity index (χ2v) is 7.00. The minimum absolute atomic E-state index is 0.101. The molecular formula is C19H17ClFN5O2. The van der Waals surface area contributed by atoms with Gasteiger partial charge in [0.1, 0.15) is 29.8 Å². The number of aromatic nitrogens is 3. The van der Waals surface area contributed by atoms with Crippen molar-refractivity contribution in [3.63, 3.8) is 0 Å².